The zero-order valence-corrected chi connectivity index (χ0v) is 8.94. The molecule has 1 rings (SSSR count). The number of nitrogens with one attached hydrogen (secondary N) is 1. The molecule has 4 heteroatoms. The summed E-state index contributed by atoms with van der Waals surface area (Å²) in [4.78, 5) is 0. The zero-order chi connectivity index (χ0) is 11.1. The van der Waals surface area contributed by atoms with Crippen molar-refractivity contribution in [1.82, 2.24) is 5.32 Å². The molecule has 0 amide bonds. The highest BCUT2D eigenvalue weighted by molar-refractivity contribution is 5.26. The molecule has 0 aliphatic heterocycles. The third-order valence-electron chi connectivity index (χ3n) is 2.14. The Kier molecular flexibility index (Phi) is 5.10. The van der Waals surface area contributed by atoms with Gasteiger partial charge in [0, 0.05) is 19.6 Å². The van der Waals surface area contributed by atoms with Crippen LogP contribution in [0.3, 0.4) is 0 Å². The van der Waals surface area contributed by atoms with Gasteiger partial charge in [-0.05, 0) is 17.7 Å². The average Bonchev–Trinajstić information content (AvgIpc) is 2.29. The highest BCUT2D eigenvalue weighted by Gasteiger charge is 1.99. The maximum Gasteiger partial charge on any atom is 0.118 e. The van der Waals surface area contributed by atoms with Crippen molar-refractivity contribution in [3.63, 3.8) is 0 Å². The van der Waals surface area contributed by atoms with Crippen molar-refractivity contribution in [2.24, 2.45) is 5.73 Å². The fourth-order valence-electron chi connectivity index (χ4n) is 1.21. The molecule has 4 N–H and O–H groups in total. The minimum absolute atomic E-state index is 0.287. The van der Waals surface area contributed by atoms with E-state index < -0.39 is 6.10 Å². The smallest absolute Gasteiger partial charge is 0.118 e. The summed E-state index contributed by atoms with van der Waals surface area (Å²) in [6.45, 7) is 1.53. The topological polar surface area (TPSA) is 67.5 Å². The molecule has 1 atom stereocenters. The van der Waals surface area contributed by atoms with E-state index in [1.807, 2.05) is 24.3 Å². The minimum Gasteiger partial charge on any atom is -0.497 e. The average molecular weight is 210 g/mol. The van der Waals surface area contributed by atoms with Crippen molar-refractivity contribution < 1.29 is 9.84 Å². The van der Waals surface area contributed by atoms with E-state index >= 15 is 0 Å². The number of benzene rings is 1. The van der Waals surface area contributed by atoms with Gasteiger partial charge >= 0.3 is 0 Å². The van der Waals surface area contributed by atoms with Gasteiger partial charge in [-0.15, -0.1) is 0 Å². The summed E-state index contributed by atoms with van der Waals surface area (Å²) in [6.07, 6.45) is -0.469. The van der Waals surface area contributed by atoms with Crippen LogP contribution in [0.25, 0.3) is 0 Å². The maximum absolute atomic E-state index is 9.21. The number of ether oxygens (including phenoxy) is 1. The van der Waals surface area contributed by atoms with Crippen molar-refractivity contribution in [1.29, 1.82) is 0 Å². The highest BCUT2D eigenvalue weighted by atomic mass is 16.5. The summed E-state index contributed by atoms with van der Waals surface area (Å²) in [5.41, 5.74) is 6.44. The molecule has 1 unspecified atom stereocenters. The van der Waals surface area contributed by atoms with Crippen molar-refractivity contribution in [3.8, 4) is 5.75 Å². The number of hydrogen-bond acceptors (Lipinski definition) is 4. The number of nitrogens with two attached hydrogens (primary N) is 1. The standard InChI is InChI=1S/C11H18N2O2/c1-15-11-4-2-9(3-5-11)7-13-8-10(14)6-12/h2-5,10,13-14H,6-8,12H2,1H3. The van der Waals surface area contributed by atoms with Crippen molar-refractivity contribution in [2.45, 2.75) is 12.6 Å². The zero-order valence-electron chi connectivity index (χ0n) is 8.94. The van der Waals surface area contributed by atoms with Crippen LogP contribution in [0.15, 0.2) is 24.3 Å². The third kappa shape index (κ3) is 4.29. The molecular weight excluding hydrogens is 192 g/mol. The minimum atomic E-state index is -0.469. The first-order valence-electron chi connectivity index (χ1n) is 4.98. The van der Waals surface area contributed by atoms with E-state index in [0.717, 1.165) is 17.9 Å². The number of aliphatic hydroxyl groups excluding tert-OH is 1. The van der Waals surface area contributed by atoms with Gasteiger partial charge in [-0.3, -0.25) is 0 Å². The normalized spacial score (nSPS) is 12.5. The van der Waals surface area contributed by atoms with Gasteiger partial charge in [0.25, 0.3) is 0 Å². The molecule has 0 fully saturated rings. The molecule has 0 saturated carbocycles. The lowest BCUT2D eigenvalue weighted by Gasteiger charge is -2.09. The first-order valence-corrected chi connectivity index (χ1v) is 4.98. The Bertz CT molecular complexity index is 274. The quantitative estimate of drug-likeness (QED) is 0.623. The number of aliphatic hydroxyl groups is 1. The Hall–Kier alpha value is -1.10. The predicted molar refractivity (Wildman–Crippen MR) is 59.8 cm³/mol. The lowest BCUT2D eigenvalue weighted by atomic mass is 10.2. The Morgan fingerprint density at radius 3 is 2.60 bits per heavy atom. The van der Waals surface area contributed by atoms with Crippen LogP contribution in [-0.2, 0) is 6.54 Å². The second-order valence-electron chi connectivity index (χ2n) is 3.37. The third-order valence-corrected chi connectivity index (χ3v) is 2.14. The SMILES string of the molecule is COc1ccc(CNCC(O)CN)cc1. The summed E-state index contributed by atoms with van der Waals surface area (Å²) in [5, 5.41) is 12.3. The molecule has 0 bridgehead atoms. The van der Waals surface area contributed by atoms with Gasteiger partial charge in [0.2, 0.25) is 0 Å². The summed E-state index contributed by atoms with van der Waals surface area (Å²) >= 11 is 0. The van der Waals surface area contributed by atoms with Crippen LogP contribution in [0.5, 0.6) is 5.75 Å². The Morgan fingerprint density at radius 2 is 2.07 bits per heavy atom. The molecule has 0 heterocycles. The van der Waals surface area contributed by atoms with E-state index in [1.54, 1.807) is 7.11 Å². The van der Waals surface area contributed by atoms with Crippen LogP contribution >= 0.6 is 0 Å². The van der Waals surface area contributed by atoms with Gasteiger partial charge in [0.1, 0.15) is 5.75 Å². The van der Waals surface area contributed by atoms with E-state index in [1.165, 1.54) is 0 Å². The summed E-state index contributed by atoms with van der Waals surface area (Å²) < 4.78 is 5.05. The van der Waals surface area contributed by atoms with Gasteiger partial charge < -0.3 is 20.9 Å². The fourth-order valence-corrected chi connectivity index (χ4v) is 1.21. The molecule has 0 saturated heterocycles. The molecule has 0 radical (unpaired) electrons. The fraction of sp³-hybridized carbons (Fsp3) is 0.455. The van der Waals surface area contributed by atoms with Gasteiger partial charge in [-0.25, -0.2) is 0 Å². The second-order valence-corrected chi connectivity index (χ2v) is 3.37. The first-order chi connectivity index (χ1) is 7.26. The molecule has 1 aromatic carbocycles. The lowest BCUT2D eigenvalue weighted by molar-refractivity contribution is 0.179. The number of hydrogen-bond donors (Lipinski definition) is 3. The van der Waals surface area contributed by atoms with E-state index in [-0.39, 0.29) is 6.54 Å². The molecule has 15 heavy (non-hydrogen) atoms. The first kappa shape index (κ1) is 12.0. The second kappa shape index (κ2) is 6.40. The molecular formula is C11H18N2O2. The largest absolute Gasteiger partial charge is 0.497 e. The Balaban J connectivity index is 2.31. The molecule has 1 aromatic rings. The highest BCUT2D eigenvalue weighted by Crippen LogP contribution is 2.10. The molecule has 0 aliphatic rings. The summed E-state index contributed by atoms with van der Waals surface area (Å²) in [6, 6.07) is 7.80. The van der Waals surface area contributed by atoms with Crippen LogP contribution in [0.4, 0.5) is 0 Å². The predicted octanol–water partition coefficient (Wildman–Crippen LogP) is 0.104. The molecule has 4 nitrogen and oxygen atoms in total. The van der Waals surface area contributed by atoms with Crippen molar-refractivity contribution in [2.75, 3.05) is 20.2 Å². The van der Waals surface area contributed by atoms with E-state index in [0.29, 0.717) is 6.54 Å². The van der Waals surface area contributed by atoms with Crippen LogP contribution < -0.4 is 15.8 Å². The summed E-state index contributed by atoms with van der Waals surface area (Å²) in [5.74, 6) is 0.848. The molecule has 84 valence electrons. The van der Waals surface area contributed by atoms with Gasteiger partial charge in [-0.1, -0.05) is 12.1 Å². The van der Waals surface area contributed by atoms with E-state index in [2.05, 4.69) is 5.32 Å². The molecule has 0 aliphatic carbocycles. The lowest BCUT2D eigenvalue weighted by Crippen LogP contribution is -2.32. The molecule has 0 spiro atoms. The van der Waals surface area contributed by atoms with Gasteiger partial charge in [-0.2, -0.15) is 0 Å². The Morgan fingerprint density at radius 1 is 1.40 bits per heavy atom. The Labute approximate surface area is 90.1 Å². The van der Waals surface area contributed by atoms with E-state index in [9.17, 15) is 5.11 Å². The van der Waals surface area contributed by atoms with Gasteiger partial charge in [0.05, 0.1) is 13.2 Å². The number of methoxy groups -OCH3 is 1. The maximum atomic E-state index is 9.21. The van der Waals surface area contributed by atoms with Gasteiger partial charge in [0.15, 0.2) is 0 Å². The number of rotatable bonds is 6. The molecule has 0 aromatic heterocycles. The van der Waals surface area contributed by atoms with Crippen LogP contribution in [-0.4, -0.2) is 31.4 Å². The monoisotopic (exact) mass is 210 g/mol. The van der Waals surface area contributed by atoms with Crippen molar-refractivity contribution in [3.05, 3.63) is 29.8 Å². The van der Waals surface area contributed by atoms with Crippen LogP contribution in [0.1, 0.15) is 5.56 Å². The van der Waals surface area contributed by atoms with E-state index in [4.69, 9.17) is 10.5 Å². The van der Waals surface area contributed by atoms with Crippen LogP contribution in [0.2, 0.25) is 0 Å². The summed E-state index contributed by atoms with van der Waals surface area (Å²) in [7, 11) is 1.64. The van der Waals surface area contributed by atoms with Crippen LogP contribution in [0, 0.1) is 0 Å². The van der Waals surface area contributed by atoms with Crippen molar-refractivity contribution >= 4 is 0 Å².